The number of nitrogens with zero attached hydrogens (tertiary/aromatic N) is 1. The number of likely N-dealkylation sites (N-methyl/N-ethyl adjacent to an activating group) is 1. The molecule has 4 nitrogen and oxygen atoms in total. The Morgan fingerprint density at radius 1 is 1.42 bits per heavy atom. The Morgan fingerprint density at radius 2 is 2.11 bits per heavy atom. The number of benzene rings is 1. The van der Waals surface area contributed by atoms with Gasteiger partial charge in [-0.05, 0) is 17.7 Å². The molecule has 0 fully saturated rings. The van der Waals surface area contributed by atoms with Gasteiger partial charge in [-0.2, -0.15) is 0 Å². The maximum atomic E-state index is 11.4. The van der Waals surface area contributed by atoms with Crippen LogP contribution < -0.4 is 0 Å². The summed E-state index contributed by atoms with van der Waals surface area (Å²) < 4.78 is 1.41. The lowest BCUT2D eigenvalue weighted by atomic mass is 10.0. The van der Waals surface area contributed by atoms with Crippen molar-refractivity contribution in [2.45, 2.75) is 12.5 Å². The van der Waals surface area contributed by atoms with E-state index in [0.29, 0.717) is 10.9 Å². The average molecular weight is 326 g/mol. The van der Waals surface area contributed by atoms with Crippen molar-refractivity contribution in [3.05, 3.63) is 34.4 Å². The van der Waals surface area contributed by atoms with Crippen LogP contribution in [0.2, 0.25) is 0 Å². The summed E-state index contributed by atoms with van der Waals surface area (Å²) in [5.74, 6) is -0.765. The Labute approximate surface area is 120 Å². The van der Waals surface area contributed by atoms with Gasteiger partial charge in [-0.1, -0.05) is 22.0 Å². The van der Waals surface area contributed by atoms with Crippen molar-refractivity contribution in [2.24, 2.45) is 0 Å². The van der Waals surface area contributed by atoms with E-state index in [1.54, 1.807) is 0 Å². The summed E-state index contributed by atoms with van der Waals surface area (Å²) in [5, 5.41) is 10.5. The number of carboxylic acids is 1. The predicted molar refractivity (Wildman–Crippen MR) is 79.2 cm³/mol. The summed E-state index contributed by atoms with van der Waals surface area (Å²) >= 11 is 3.43. The first-order valence-electron chi connectivity index (χ1n) is 6.08. The van der Waals surface area contributed by atoms with E-state index >= 15 is 0 Å². The summed E-state index contributed by atoms with van der Waals surface area (Å²) in [7, 11) is 5.72. The molecule has 102 valence electrons. The maximum Gasteiger partial charge on any atom is 0.362 e. The molecule has 0 saturated carbocycles. The minimum atomic E-state index is -0.765. The molecule has 5 heteroatoms. The lowest BCUT2D eigenvalue weighted by Crippen LogP contribution is -2.51. The van der Waals surface area contributed by atoms with Gasteiger partial charge in [0.25, 0.3) is 0 Å². The first-order valence-corrected chi connectivity index (χ1v) is 6.88. The molecule has 2 aromatic rings. The van der Waals surface area contributed by atoms with Crippen molar-refractivity contribution in [2.75, 3.05) is 21.1 Å². The van der Waals surface area contributed by atoms with Crippen LogP contribution in [-0.2, 0) is 11.2 Å². The standard InChI is InChI=1S/C14H17BrN2O2/c1-17(2,3)13(14(18)19)6-9-8-16-12-7-10(15)4-5-11(9)12/h4-5,7-8,13,16H,6H2,1-3H3/p+1/t13-/m0/s1. The molecule has 0 aliphatic rings. The molecule has 0 spiro atoms. The Hall–Kier alpha value is -1.33. The minimum Gasteiger partial charge on any atom is -0.477 e. The first kappa shape index (κ1) is 14.1. The first-order chi connectivity index (χ1) is 8.79. The fourth-order valence-corrected chi connectivity index (χ4v) is 2.59. The fraction of sp³-hybridized carbons (Fsp3) is 0.357. The number of rotatable bonds is 4. The second-order valence-electron chi connectivity index (χ2n) is 5.68. The van der Waals surface area contributed by atoms with E-state index in [4.69, 9.17) is 0 Å². The third-order valence-electron chi connectivity index (χ3n) is 3.36. The van der Waals surface area contributed by atoms with E-state index in [9.17, 15) is 9.90 Å². The molecule has 0 aliphatic carbocycles. The molecule has 2 rings (SSSR count). The van der Waals surface area contributed by atoms with Gasteiger partial charge in [0, 0.05) is 28.0 Å². The van der Waals surface area contributed by atoms with Crippen LogP contribution in [0.25, 0.3) is 10.9 Å². The maximum absolute atomic E-state index is 11.4. The van der Waals surface area contributed by atoms with Gasteiger partial charge < -0.3 is 14.6 Å². The molecular formula is C14H18BrN2O2+. The zero-order valence-corrected chi connectivity index (χ0v) is 12.9. The molecule has 1 aromatic carbocycles. The second kappa shape index (κ2) is 4.98. The second-order valence-corrected chi connectivity index (χ2v) is 6.59. The smallest absolute Gasteiger partial charge is 0.362 e. The van der Waals surface area contributed by atoms with Crippen molar-refractivity contribution in [1.82, 2.24) is 4.98 Å². The monoisotopic (exact) mass is 325 g/mol. The number of carboxylic acid groups (broad SMARTS) is 1. The van der Waals surface area contributed by atoms with Gasteiger partial charge in [0.1, 0.15) is 0 Å². The van der Waals surface area contributed by atoms with Gasteiger partial charge in [0.2, 0.25) is 0 Å². The number of hydrogen-bond donors (Lipinski definition) is 2. The van der Waals surface area contributed by atoms with E-state index in [1.807, 2.05) is 45.5 Å². The highest BCUT2D eigenvalue weighted by molar-refractivity contribution is 9.10. The van der Waals surface area contributed by atoms with Gasteiger partial charge in [0.15, 0.2) is 6.04 Å². The molecule has 1 aromatic heterocycles. The van der Waals surface area contributed by atoms with Crippen molar-refractivity contribution < 1.29 is 14.4 Å². The van der Waals surface area contributed by atoms with Gasteiger partial charge in [-0.3, -0.25) is 0 Å². The number of fused-ring (bicyclic) bond motifs is 1. The largest absolute Gasteiger partial charge is 0.477 e. The molecule has 0 radical (unpaired) electrons. The predicted octanol–water partition coefficient (Wildman–Crippen LogP) is 2.63. The molecule has 1 atom stereocenters. The zero-order chi connectivity index (χ0) is 14.2. The van der Waals surface area contributed by atoms with Crippen molar-refractivity contribution >= 4 is 32.8 Å². The number of quaternary nitrogens is 1. The molecular weight excluding hydrogens is 308 g/mol. The van der Waals surface area contributed by atoms with Crippen LogP contribution in [0, 0.1) is 0 Å². The molecule has 0 amide bonds. The number of halogens is 1. The fourth-order valence-electron chi connectivity index (χ4n) is 2.23. The van der Waals surface area contributed by atoms with E-state index in [1.165, 1.54) is 0 Å². The number of nitrogens with one attached hydrogen (secondary N) is 1. The van der Waals surface area contributed by atoms with Gasteiger partial charge in [-0.15, -0.1) is 0 Å². The summed E-state index contributed by atoms with van der Waals surface area (Å²) in [5.41, 5.74) is 2.07. The number of aromatic amines is 1. The van der Waals surface area contributed by atoms with Crippen LogP contribution in [0.4, 0.5) is 0 Å². The Balaban J connectivity index is 2.37. The summed E-state index contributed by atoms with van der Waals surface area (Å²) in [4.78, 5) is 14.6. The number of aliphatic carboxylic acids is 1. The highest BCUT2D eigenvalue weighted by Crippen LogP contribution is 2.24. The lowest BCUT2D eigenvalue weighted by Gasteiger charge is -2.31. The van der Waals surface area contributed by atoms with E-state index in [2.05, 4.69) is 20.9 Å². The highest BCUT2D eigenvalue weighted by atomic mass is 79.9. The summed E-state index contributed by atoms with van der Waals surface area (Å²) in [6.45, 7) is 0. The molecule has 0 unspecified atom stereocenters. The van der Waals surface area contributed by atoms with E-state index in [0.717, 1.165) is 20.9 Å². The van der Waals surface area contributed by atoms with Crippen molar-refractivity contribution in [3.8, 4) is 0 Å². The Kier molecular flexibility index (Phi) is 3.69. The minimum absolute atomic E-state index is 0.401. The molecule has 0 saturated heterocycles. The van der Waals surface area contributed by atoms with Crippen LogP contribution in [0.5, 0.6) is 0 Å². The zero-order valence-electron chi connectivity index (χ0n) is 11.3. The van der Waals surface area contributed by atoms with Crippen LogP contribution >= 0.6 is 15.9 Å². The van der Waals surface area contributed by atoms with Crippen molar-refractivity contribution in [1.29, 1.82) is 0 Å². The average Bonchev–Trinajstić information content (AvgIpc) is 2.66. The number of hydrogen-bond acceptors (Lipinski definition) is 1. The quantitative estimate of drug-likeness (QED) is 0.849. The van der Waals surface area contributed by atoms with E-state index in [-0.39, 0.29) is 0 Å². The normalized spacial score (nSPS) is 13.7. The SMILES string of the molecule is C[N+](C)(C)[C@@H](Cc1c[nH]c2cc(Br)ccc12)C(=O)O. The third-order valence-corrected chi connectivity index (χ3v) is 3.86. The third kappa shape index (κ3) is 2.98. The number of H-pyrrole nitrogens is 1. The lowest BCUT2D eigenvalue weighted by molar-refractivity contribution is -0.887. The Morgan fingerprint density at radius 3 is 2.68 bits per heavy atom. The molecule has 19 heavy (non-hydrogen) atoms. The van der Waals surface area contributed by atoms with Crippen LogP contribution in [0.15, 0.2) is 28.9 Å². The molecule has 0 bridgehead atoms. The van der Waals surface area contributed by atoms with Gasteiger partial charge >= 0.3 is 5.97 Å². The topological polar surface area (TPSA) is 53.1 Å². The Bertz CT molecular complexity index is 613. The van der Waals surface area contributed by atoms with Gasteiger partial charge in [-0.25, -0.2) is 4.79 Å². The molecule has 0 aliphatic heterocycles. The van der Waals surface area contributed by atoms with E-state index < -0.39 is 12.0 Å². The van der Waals surface area contributed by atoms with Gasteiger partial charge in [0.05, 0.1) is 21.1 Å². The highest BCUT2D eigenvalue weighted by Gasteiger charge is 2.32. The number of carbonyl (C=O) groups is 1. The van der Waals surface area contributed by atoms with Crippen LogP contribution in [0.3, 0.4) is 0 Å². The molecule has 1 heterocycles. The van der Waals surface area contributed by atoms with Crippen LogP contribution in [0.1, 0.15) is 5.56 Å². The van der Waals surface area contributed by atoms with Crippen LogP contribution in [-0.4, -0.2) is 47.7 Å². The summed E-state index contributed by atoms with van der Waals surface area (Å²) in [6, 6.07) is 5.53. The van der Waals surface area contributed by atoms with Crippen molar-refractivity contribution in [3.63, 3.8) is 0 Å². The number of aromatic nitrogens is 1. The molecule has 2 N–H and O–H groups in total. The summed E-state index contributed by atoms with van der Waals surface area (Å²) in [6.07, 6.45) is 2.42.